The van der Waals surface area contributed by atoms with Gasteiger partial charge in [-0.05, 0) is 23.8 Å². The quantitative estimate of drug-likeness (QED) is 0.694. The van der Waals surface area contributed by atoms with Gasteiger partial charge in [0.15, 0.2) is 0 Å². The Bertz CT molecular complexity index is 543. The highest BCUT2D eigenvalue weighted by molar-refractivity contribution is 6.02. The summed E-state index contributed by atoms with van der Waals surface area (Å²) < 4.78 is 0. The highest BCUT2D eigenvalue weighted by Crippen LogP contribution is 2.10. The van der Waals surface area contributed by atoms with Gasteiger partial charge in [0.25, 0.3) is 0 Å². The van der Waals surface area contributed by atoms with E-state index in [1.54, 1.807) is 24.3 Å². The Balaban J connectivity index is 2.64. The first kappa shape index (κ1) is 14.2. The van der Waals surface area contributed by atoms with Crippen LogP contribution in [0.15, 0.2) is 42.5 Å². The molecule has 0 saturated carbocycles. The third-order valence-corrected chi connectivity index (χ3v) is 1.97. The molecule has 6 nitrogen and oxygen atoms in total. The van der Waals surface area contributed by atoms with Gasteiger partial charge < -0.3 is 15.5 Å². The number of rotatable bonds is 5. The molecule has 1 aromatic carbocycles. The summed E-state index contributed by atoms with van der Waals surface area (Å²) in [5.41, 5.74) is 1.15. The Morgan fingerprint density at radius 3 is 2.00 bits per heavy atom. The van der Waals surface area contributed by atoms with Crippen LogP contribution < -0.4 is 5.32 Å². The second-order valence-corrected chi connectivity index (χ2v) is 3.45. The van der Waals surface area contributed by atoms with Crippen molar-refractivity contribution < 1.29 is 24.6 Å². The van der Waals surface area contributed by atoms with Gasteiger partial charge in [-0.25, -0.2) is 9.59 Å². The molecule has 0 saturated heterocycles. The van der Waals surface area contributed by atoms with Crippen molar-refractivity contribution in [3.63, 3.8) is 0 Å². The summed E-state index contributed by atoms with van der Waals surface area (Å²) >= 11 is 0. The van der Waals surface area contributed by atoms with Crippen LogP contribution in [0.4, 0.5) is 5.69 Å². The molecule has 1 aromatic rings. The van der Waals surface area contributed by atoms with Crippen LogP contribution in [-0.2, 0) is 14.4 Å². The zero-order valence-electron chi connectivity index (χ0n) is 9.74. The van der Waals surface area contributed by atoms with E-state index >= 15 is 0 Å². The number of carboxylic acids is 2. The monoisotopic (exact) mass is 261 g/mol. The fraction of sp³-hybridized carbons (Fsp3) is 0. The first-order valence-electron chi connectivity index (χ1n) is 5.20. The molecule has 0 aliphatic heterocycles. The molecular weight excluding hydrogens is 250 g/mol. The number of hydrogen-bond acceptors (Lipinski definition) is 3. The smallest absolute Gasteiger partial charge is 0.328 e. The number of nitrogens with one attached hydrogen (secondary N) is 1. The van der Waals surface area contributed by atoms with Crippen molar-refractivity contribution in [3.8, 4) is 0 Å². The van der Waals surface area contributed by atoms with E-state index < -0.39 is 17.8 Å². The van der Waals surface area contributed by atoms with Crippen LogP contribution in [-0.4, -0.2) is 28.1 Å². The molecule has 1 amide bonds. The molecule has 0 radical (unpaired) electrons. The Kier molecular flexibility index (Phi) is 5.04. The van der Waals surface area contributed by atoms with Crippen molar-refractivity contribution in [3.05, 3.63) is 48.1 Å². The minimum absolute atomic E-state index is 0.479. The van der Waals surface area contributed by atoms with Gasteiger partial charge in [-0.1, -0.05) is 12.1 Å². The molecule has 0 spiro atoms. The maximum Gasteiger partial charge on any atom is 0.328 e. The summed E-state index contributed by atoms with van der Waals surface area (Å²) in [5, 5.41) is 19.3. The van der Waals surface area contributed by atoms with Crippen LogP contribution >= 0.6 is 0 Å². The summed E-state index contributed by atoms with van der Waals surface area (Å²) in [6.45, 7) is 0. The van der Waals surface area contributed by atoms with Crippen molar-refractivity contribution in [2.75, 3.05) is 5.32 Å². The number of carboxylic acid groups (broad SMARTS) is 2. The van der Waals surface area contributed by atoms with E-state index in [4.69, 9.17) is 10.2 Å². The predicted octanol–water partition coefficient (Wildman–Crippen LogP) is 1.36. The van der Waals surface area contributed by atoms with E-state index in [1.807, 2.05) is 0 Å². The number of carbonyl (C=O) groups excluding carboxylic acids is 1. The summed E-state index contributed by atoms with van der Waals surface area (Å²) in [6, 6.07) is 6.40. The van der Waals surface area contributed by atoms with Gasteiger partial charge in [0.2, 0.25) is 5.91 Å². The summed E-state index contributed by atoms with van der Waals surface area (Å²) in [5.74, 6) is -2.81. The molecule has 0 unspecified atom stereocenters. The van der Waals surface area contributed by atoms with Gasteiger partial charge in [0.1, 0.15) is 0 Å². The predicted molar refractivity (Wildman–Crippen MR) is 68.5 cm³/mol. The lowest BCUT2D eigenvalue weighted by Gasteiger charge is -2.02. The maximum absolute atomic E-state index is 11.3. The summed E-state index contributed by atoms with van der Waals surface area (Å²) in [6.07, 6.45) is 4.06. The van der Waals surface area contributed by atoms with Gasteiger partial charge >= 0.3 is 11.9 Å². The van der Waals surface area contributed by atoms with E-state index in [-0.39, 0.29) is 0 Å². The van der Waals surface area contributed by atoms with E-state index in [0.29, 0.717) is 11.3 Å². The number of amides is 1. The Labute approximate surface area is 108 Å². The van der Waals surface area contributed by atoms with Gasteiger partial charge in [0, 0.05) is 23.9 Å². The van der Waals surface area contributed by atoms with Gasteiger partial charge in [0.05, 0.1) is 0 Å². The molecule has 0 bridgehead atoms. The zero-order valence-corrected chi connectivity index (χ0v) is 9.74. The van der Waals surface area contributed by atoms with Crippen LogP contribution in [0, 0.1) is 0 Å². The molecule has 0 fully saturated rings. The van der Waals surface area contributed by atoms with Crippen molar-refractivity contribution in [2.24, 2.45) is 0 Å². The Morgan fingerprint density at radius 2 is 1.47 bits per heavy atom. The van der Waals surface area contributed by atoms with E-state index in [1.165, 1.54) is 6.08 Å². The average Bonchev–Trinajstić information content (AvgIpc) is 2.35. The topological polar surface area (TPSA) is 104 Å². The fourth-order valence-corrected chi connectivity index (χ4v) is 1.18. The molecule has 98 valence electrons. The molecule has 0 atom stereocenters. The van der Waals surface area contributed by atoms with E-state index in [9.17, 15) is 14.4 Å². The third kappa shape index (κ3) is 5.83. The first-order valence-corrected chi connectivity index (χ1v) is 5.20. The van der Waals surface area contributed by atoms with Gasteiger partial charge in [-0.2, -0.15) is 0 Å². The van der Waals surface area contributed by atoms with Crippen LogP contribution in [0.2, 0.25) is 0 Å². The Morgan fingerprint density at radius 1 is 0.895 bits per heavy atom. The number of aliphatic carboxylic acids is 2. The molecule has 0 aliphatic carbocycles. The van der Waals surface area contributed by atoms with E-state index in [0.717, 1.165) is 18.2 Å². The molecule has 0 aliphatic rings. The normalized spacial score (nSPS) is 10.7. The second-order valence-electron chi connectivity index (χ2n) is 3.45. The number of anilines is 1. The first-order chi connectivity index (χ1) is 8.97. The molecule has 19 heavy (non-hydrogen) atoms. The standard InChI is InChI=1S/C13H11NO5/c15-11(6-8-13(18)19)14-10-4-1-9(2-5-10)3-7-12(16)17/h1-8H,(H,14,15)(H,16,17)(H,18,19)/b7-3+,8-6+. The van der Waals surface area contributed by atoms with Crippen molar-refractivity contribution in [1.29, 1.82) is 0 Å². The molecule has 6 heteroatoms. The largest absolute Gasteiger partial charge is 0.478 e. The minimum Gasteiger partial charge on any atom is -0.478 e. The second kappa shape index (κ2) is 6.75. The van der Waals surface area contributed by atoms with Gasteiger partial charge in [-0.15, -0.1) is 0 Å². The lowest BCUT2D eigenvalue weighted by Crippen LogP contribution is -2.08. The third-order valence-electron chi connectivity index (χ3n) is 1.97. The van der Waals surface area contributed by atoms with Crippen LogP contribution in [0.25, 0.3) is 6.08 Å². The number of benzene rings is 1. The molecule has 0 heterocycles. The van der Waals surface area contributed by atoms with Gasteiger partial charge in [-0.3, -0.25) is 4.79 Å². The average molecular weight is 261 g/mol. The number of carbonyl (C=O) groups is 3. The molecule has 1 rings (SSSR count). The van der Waals surface area contributed by atoms with Crippen LogP contribution in [0.1, 0.15) is 5.56 Å². The minimum atomic E-state index is -1.20. The molecular formula is C13H11NO5. The van der Waals surface area contributed by atoms with Crippen molar-refractivity contribution >= 4 is 29.6 Å². The van der Waals surface area contributed by atoms with E-state index in [2.05, 4.69) is 5.32 Å². The highest BCUT2D eigenvalue weighted by Gasteiger charge is 1.98. The Hall–Kier alpha value is -2.89. The lowest BCUT2D eigenvalue weighted by molar-refractivity contribution is -0.132. The van der Waals surface area contributed by atoms with Crippen molar-refractivity contribution in [2.45, 2.75) is 0 Å². The highest BCUT2D eigenvalue weighted by atomic mass is 16.4. The summed E-state index contributed by atoms with van der Waals surface area (Å²) in [7, 11) is 0. The maximum atomic E-state index is 11.3. The van der Waals surface area contributed by atoms with Crippen LogP contribution in [0.3, 0.4) is 0 Å². The SMILES string of the molecule is O=C(O)/C=C/C(=O)Nc1ccc(/C=C/C(=O)O)cc1. The number of hydrogen-bond donors (Lipinski definition) is 3. The molecule has 3 N–H and O–H groups in total. The molecule has 0 aromatic heterocycles. The lowest BCUT2D eigenvalue weighted by atomic mass is 10.2. The summed E-state index contributed by atoms with van der Waals surface area (Å²) in [4.78, 5) is 31.8. The van der Waals surface area contributed by atoms with Crippen LogP contribution in [0.5, 0.6) is 0 Å². The zero-order chi connectivity index (χ0) is 14.3. The fourth-order valence-electron chi connectivity index (χ4n) is 1.18. The van der Waals surface area contributed by atoms with Crippen molar-refractivity contribution in [1.82, 2.24) is 0 Å².